The maximum atomic E-state index is 5.67. The predicted molar refractivity (Wildman–Crippen MR) is 54.2 cm³/mol. The second-order valence-electron chi connectivity index (χ2n) is 3.91. The van der Waals surface area contributed by atoms with Crippen LogP contribution in [-0.4, -0.2) is 50.1 Å². The lowest BCUT2D eigenvalue weighted by molar-refractivity contribution is -0.179. The summed E-state index contributed by atoms with van der Waals surface area (Å²) < 4.78 is 13.9. The fourth-order valence-corrected chi connectivity index (χ4v) is 3.02. The summed E-state index contributed by atoms with van der Waals surface area (Å²) in [7, 11) is 0.0725. The maximum absolute atomic E-state index is 5.67. The molecule has 0 bridgehead atoms. The Bertz CT molecular complexity index is 170. The van der Waals surface area contributed by atoms with E-state index < -0.39 is 0 Å². The van der Waals surface area contributed by atoms with Crippen LogP contribution in [0.4, 0.5) is 0 Å². The van der Waals surface area contributed by atoms with Crippen molar-refractivity contribution in [2.45, 2.75) is 18.6 Å². The molecular formula is C9H18NO2P. The van der Waals surface area contributed by atoms with Crippen LogP contribution in [0.25, 0.3) is 0 Å². The quantitative estimate of drug-likeness (QED) is 0.602. The van der Waals surface area contributed by atoms with E-state index in [9.17, 15) is 0 Å². The molecule has 0 radical (unpaired) electrons. The Morgan fingerprint density at radius 1 is 1.08 bits per heavy atom. The molecule has 4 heteroatoms. The lowest BCUT2D eigenvalue weighted by Crippen LogP contribution is -2.42. The first-order valence-corrected chi connectivity index (χ1v) is 7.11. The first-order chi connectivity index (χ1) is 6.22. The van der Waals surface area contributed by atoms with Crippen molar-refractivity contribution >= 4 is 8.07 Å². The molecule has 13 heavy (non-hydrogen) atoms. The lowest BCUT2D eigenvalue weighted by atomic mass is 10.1. The lowest BCUT2D eigenvalue weighted by Gasteiger charge is -2.39. The summed E-state index contributed by atoms with van der Waals surface area (Å²) >= 11 is 0. The monoisotopic (exact) mass is 203 g/mol. The number of hydrogen-bond donors (Lipinski definition) is 0. The predicted octanol–water partition coefficient (Wildman–Crippen LogP) is 1.48. The SMILES string of the molecule is CP(C)N1CCC2(CC1)OCCO2. The van der Waals surface area contributed by atoms with Gasteiger partial charge in [-0.1, -0.05) is 0 Å². The summed E-state index contributed by atoms with van der Waals surface area (Å²) in [4.78, 5) is 0. The molecule has 2 heterocycles. The van der Waals surface area contributed by atoms with Crippen molar-refractivity contribution in [1.29, 1.82) is 0 Å². The molecule has 2 fully saturated rings. The van der Waals surface area contributed by atoms with E-state index >= 15 is 0 Å². The van der Waals surface area contributed by atoms with Gasteiger partial charge < -0.3 is 9.47 Å². The van der Waals surface area contributed by atoms with Crippen LogP contribution in [0, 0.1) is 0 Å². The van der Waals surface area contributed by atoms with Crippen LogP contribution < -0.4 is 0 Å². The molecule has 2 rings (SSSR count). The van der Waals surface area contributed by atoms with E-state index in [1.54, 1.807) is 0 Å². The molecule has 2 aliphatic heterocycles. The van der Waals surface area contributed by atoms with Crippen LogP contribution in [-0.2, 0) is 9.47 Å². The maximum Gasteiger partial charge on any atom is 0.170 e. The normalized spacial score (nSPS) is 28.8. The van der Waals surface area contributed by atoms with Crippen molar-refractivity contribution < 1.29 is 9.47 Å². The number of ether oxygens (including phenoxy) is 2. The van der Waals surface area contributed by atoms with Crippen LogP contribution in [0.1, 0.15) is 12.8 Å². The van der Waals surface area contributed by atoms with Crippen LogP contribution in [0.2, 0.25) is 0 Å². The van der Waals surface area contributed by atoms with Gasteiger partial charge in [0.15, 0.2) is 5.79 Å². The Kier molecular flexibility index (Phi) is 2.89. The number of piperidine rings is 1. The second kappa shape index (κ2) is 3.82. The molecule has 76 valence electrons. The third-order valence-corrected chi connectivity index (χ3v) is 4.41. The highest BCUT2D eigenvalue weighted by atomic mass is 31.1. The van der Waals surface area contributed by atoms with E-state index in [1.165, 1.54) is 0 Å². The zero-order chi connectivity index (χ0) is 9.31. The van der Waals surface area contributed by atoms with Gasteiger partial charge in [-0.3, -0.25) is 4.67 Å². The molecule has 0 aliphatic carbocycles. The highest BCUT2D eigenvalue weighted by Crippen LogP contribution is 2.39. The molecule has 0 N–H and O–H groups in total. The summed E-state index contributed by atoms with van der Waals surface area (Å²) in [5.74, 6) is -0.193. The minimum Gasteiger partial charge on any atom is -0.347 e. The summed E-state index contributed by atoms with van der Waals surface area (Å²) in [5.41, 5.74) is 0. The largest absolute Gasteiger partial charge is 0.347 e. The highest BCUT2D eigenvalue weighted by molar-refractivity contribution is 7.53. The van der Waals surface area contributed by atoms with Crippen LogP contribution in [0.5, 0.6) is 0 Å². The van der Waals surface area contributed by atoms with Gasteiger partial charge in [-0.2, -0.15) is 0 Å². The standard InChI is InChI=1S/C9H18NO2P/c1-13(2)10-5-3-9(4-6-10)11-7-8-12-9/h3-8H2,1-2H3. The minimum absolute atomic E-state index is 0.0725. The smallest absolute Gasteiger partial charge is 0.170 e. The van der Waals surface area contributed by atoms with Gasteiger partial charge >= 0.3 is 0 Å². The van der Waals surface area contributed by atoms with Gasteiger partial charge in [0, 0.05) is 25.9 Å². The van der Waals surface area contributed by atoms with Gasteiger partial charge in [0.2, 0.25) is 0 Å². The summed E-state index contributed by atoms with van der Waals surface area (Å²) in [6, 6.07) is 0. The zero-order valence-corrected chi connectivity index (χ0v) is 9.35. The second-order valence-corrected chi connectivity index (χ2v) is 6.17. The number of hydrogen-bond acceptors (Lipinski definition) is 3. The Hall–Kier alpha value is 0.310. The van der Waals surface area contributed by atoms with Gasteiger partial charge in [-0.25, -0.2) is 0 Å². The van der Waals surface area contributed by atoms with Crippen LogP contribution >= 0.6 is 8.07 Å². The van der Waals surface area contributed by atoms with E-state index in [4.69, 9.17) is 9.47 Å². The molecule has 0 aromatic heterocycles. The Morgan fingerprint density at radius 2 is 1.62 bits per heavy atom. The van der Waals surface area contributed by atoms with Gasteiger partial charge in [-0.15, -0.1) is 0 Å². The van der Waals surface area contributed by atoms with Gasteiger partial charge in [-0.05, 0) is 21.4 Å². The van der Waals surface area contributed by atoms with Crippen LogP contribution in [0.3, 0.4) is 0 Å². The average Bonchev–Trinajstić information content (AvgIpc) is 2.54. The van der Waals surface area contributed by atoms with Crippen molar-refractivity contribution in [2.75, 3.05) is 39.6 Å². The fraction of sp³-hybridized carbons (Fsp3) is 1.00. The molecule has 2 saturated heterocycles. The number of nitrogens with zero attached hydrogens (tertiary/aromatic N) is 1. The van der Waals surface area contributed by atoms with E-state index in [0.717, 1.165) is 39.1 Å². The molecule has 0 unspecified atom stereocenters. The van der Waals surface area contributed by atoms with Crippen molar-refractivity contribution in [1.82, 2.24) is 4.67 Å². The van der Waals surface area contributed by atoms with Crippen molar-refractivity contribution in [3.05, 3.63) is 0 Å². The van der Waals surface area contributed by atoms with Gasteiger partial charge in [0.05, 0.1) is 13.2 Å². The van der Waals surface area contributed by atoms with Gasteiger partial charge in [0.1, 0.15) is 0 Å². The summed E-state index contributed by atoms with van der Waals surface area (Å²) in [6.45, 7) is 8.46. The molecule has 0 amide bonds. The molecular weight excluding hydrogens is 185 g/mol. The van der Waals surface area contributed by atoms with Gasteiger partial charge in [0.25, 0.3) is 0 Å². The third kappa shape index (κ3) is 2.04. The molecule has 1 spiro atoms. The minimum atomic E-state index is -0.193. The van der Waals surface area contributed by atoms with Crippen molar-refractivity contribution in [3.63, 3.8) is 0 Å². The number of rotatable bonds is 1. The molecule has 0 atom stereocenters. The van der Waals surface area contributed by atoms with Crippen molar-refractivity contribution in [3.8, 4) is 0 Å². The summed E-state index contributed by atoms with van der Waals surface area (Å²) in [6.07, 6.45) is 2.10. The van der Waals surface area contributed by atoms with Crippen molar-refractivity contribution in [2.24, 2.45) is 0 Å². The Morgan fingerprint density at radius 3 is 2.08 bits per heavy atom. The molecule has 2 aliphatic rings. The van der Waals surface area contributed by atoms with E-state index in [0.29, 0.717) is 0 Å². The third-order valence-electron chi connectivity index (χ3n) is 2.88. The van der Waals surface area contributed by atoms with E-state index in [-0.39, 0.29) is 13.9 Å². The first-order valence-electron chi connectivity index (χ1n) is 4.92. The Labute approximate surface area is 81.2 Å². The average molecular weight is 203 g/mol. The van der Waals surface area contributed by atoms with E-state index in [2.05, 4.69) is 18.0 Å². The first kappa shape index (κ1) is 9.85. The summed E-state index contributed by atoms with van der Waals surface area (Å²) in [5, 5.41) is 0. The van der Waals surface area contributed by atoms with E-state index in [1.807, 2.05) is 0 Å². The molecule has 3 nitrogen and oxygen atoms in total. The van der Waals surface area contributed by atoms with Crippen LogP contribution in [0.15, 0.2) is 0 Å². The molecule has 0 aromatic carbocycles. The highest BCUT2D eigenvalue weighted by Gasteiger charge is 2.39. The fourth-order valence-electron chi connectivity index (χ4n) is 2.02. The topological polar surface area (TPSA) is 21.7 Å². The Balaban J connectivity index is 1.88. The zero-order valence-electron chi connectivity index (χ0n) is 8.45. The molecule has 0 aromatic rings. The molecule has 0 saturated carbocycles.